The molecule has 2 heterocycles. The summed E-state index contributed by atoms with van der Waals surface area (Å²) in [7, 11) is 0. The van der Waals surface area contributed by atoms with Gasteiger partial charge in [-0.05, 0) is 54.8 Å². The van der Waals surface area contributed by atoms with Gasteiger partial charge < -0.3 is 15.8 Å². The Hall–Kier alpha value is -4.11. The lowest BCUT2D eigenvalue weighted by atomic mass is 10.0. The van der Waals surface area contributed by atoms with Crippen molar-refractivity contribution in [3.63, 3.8) is 0 Å². The molecule has 0 radical (unpaired) electrons. The summed E-state index contributed by atoms with van der Waals surface area (Å²) in [6.07, 6.45) is -1.15. The van der Waals surface area contributed by atoms with Crippen LogP contribution in [-0.2, 0) is 9.53 Å². The van der Waals surface area contributed by atoms with Gasteiger partial charge in [-0.1, -0.05) is 18.2 Å². The van der Waals surface area contributed by atoms with Gasteiger partial charge in [0.2, 0.25) is 0 Å². The average molecular weight is 463 g/mol. The summed E-state index contributed by atoms with van der Waals surface area (Å²) >= 11 is 1.13. The Balaban J connectivity index is 1.60. The fraction of sp³-hybridized carbons (Fsp3) is 0.0833. The molecule has 7 nitrogen and oxygen atoms in total. The van der Waals surface area contributed by atoms with E-state index >= 15 is 0 Å². The van der Waals surface area contributed by atoms with Crippen LogP contribution < -0.4 is 11.1 Å². The number of carbonyl (C=O) groups excluding carboxylic acids is 3. The number of nitrogens with two attached hydrogens (primary N) is 1. The summed E-state index contributed by atoms with van der Waals surface area (Å²) in [4.78, 5) is 41.6. The molecule has 0 aliphatic rings. The molecular weight excluding hydrogens is 445 g/mol. The van der Waals surface area contributed by atoms with Crippen LogP contribution in [0.5, 0.6) is 0 Å². The summed E-state index contributed by atoms with van der Waals surface area (Å²) in [5.74, 6) is -2.39. The van der Waals surface area contributed by atoms with Crippen LogP contribution >= 0.6 is 11.3 Å². The molecule has 2 aromatic heterocycles. The molecule has 9 heteroatoms. The zero-order valence-corrected chi connectivity index (χ0v) is 18.2. The highest BCUT2D eigenvalue weighted by molar-refractivity contribution is 7.14. The SMILES string of the molecule is C[C@@H](OC(=O)c1cc(-c2ccc(F)cc2)nc2ccccc12)C(=O)Nc1sccc1C(N)=O. The van der Waals surface area contributed by atoms with Crippen molar-refractivity contribution in [2.45, 2.75) is 13.0 Å². The van der Waals surface area contributed by atoms with Gasteiger partial charge in [0.05, 0.1) is 22.3 Å². The second-order valence-corrected chi connectivity index (χ2v) is 8.06. The normalized spacial score (nSPS) is 11.7. The number of nitrogens with one attached hydrogen (secondary N) is 1. The smallest absolute Gasteiger partial charge is 0.339 e. The van der Waals surface area contributed by atoms with E-state index in [1.54, 1.807) is 47.8 Å². The highest BCUT2D eigenvalue weighted by Gasteiger charge is 2.23. The number of fused-ring (bicyclic) bond motifs is 1. The number of para-hydroxylation sites is 1. The number of aromatic nitrogens is 1. The molecule has 4 rings (SSSR count). The number of ether oxygens (including phenoxy) is 1. The third-order valence-corrected chi connectivity index (χ3v) is 5.73. The molecule has 0 unspecified atom stereocenters. The van der Waals surface area contributed by atoms with Crippen molar-refractivity contribution in [3.8, 4) is 11.3 Å². The molecule has 2 amide bonds. The highest BCUT2D eigenvalue weighted by atomic mass is 32.1. The monoisotopic (exact) mass is 463 g/mol. The fourth-order valence-electron chi connectivity index (χ4n) is 3.20. The molecule has 0 saturated carbocycles. The molecule has 1 atom stereocenters. The first kappa shape index (κ1) is 22.1. The maximum atomic E-state index is 13.3. The van der Waals surface area contributed by atoms with Gasteiger partial charge >= 0.3 is 5.97 Å². The van der Waals surface area contributed by atoms with Crippen molar-refractivity contribution in [2.75, 3.05) is 5.32 Å². The lowest BCUT2D eigenvalue weighted by Crippen LogP contribution is -2.30. The van der Waals surface area contributed by atoms with Crippen LogP contribution in [0.25, 0.3) is 22.2 Å². The molecule has 166 valence electrons. The van der Waals surface area contributed by atoms with E-state index < -0.39 is 23.9 Å². The van der Waals surface area contributed by atoms with Crippen LogP contribution in [0.15, 0.2) is 66.0 Å². The van der Waals surface area contributed by atoms with Crippen molar-refractivity contribution in [3.05, 3.63) is 83.0 Å². The first-order valence-electron chi connectivity index (χ1n) is 9.88. The first-order valence-corrected chi connectivity index (χ1v) is 10.8. The minimum Gasteiger partial charge on any atom is -0.449 e. The Kier molecular flexibility index (Phi) is 6.14. The van der Waals surface area contributed by atoms with Gasteiger partial charge in [0.1, 0.15) is 10.8 Å². The van der Waals surface area contributed by atoms with Gasteiger partial charge in [-0.15, -0.1) is 11.3 Å². The molecule has 0 fully saturated rings. The number of carbonyl (C=O) groups is 3. The molecule has 4 aromatic rings. The second kappa shape index (κ2) is 9.17. The highest BCUT2D eigenvalue weighted by Crippen LogP contribution is 2.27. The Morgan fingerprint density at radius 2 is 1.79 bits per heavy atom. The van der Waals surface area contributed by atoms with Crippen molar-refractivity contribution in [1.29, 1.82) is 0 Å². The van der Waals surface area contributed by atoms with Crippen molar-refractivity contribution < 1.29 is 23.5 Å². The maximum absolute atomic E-state index is 13.3. The topological polar surface area (TPSA) is 111 Å². The molecule has 33 heavy (non-hydrogen) atoms. The second-order valence-electron chi connectivity index (χ2n) is 7.14. The number of hydrogen-bond donors (Lipinski definition) is 2. The third kappa shape index (κ3) is 4.73. The van der Waals surface area contributed by atoms with E-state index in [4.69, 9.17) is 10.5 Å². The summed E-state index contributed by atoms with van der Waals surface area (Å²) in [5, 5.41) is 5.01. The number of nitrogens with zero attached hydrogens (tertiary/aromatic N) is 1. The Morgan fingerprint density at radius 3 is 2.52 bits per heavy atom. The number of primary amides is 1. The van der Waals surface area contributed by atoms with Gasteiger partial charge in [0.15, 0.2) is 6.10 Å². The van der Waals surface area contributed by atoms with Gasteiger partial charge in [-0.3, -0.25) is 9.59 Å². The standard InChI is InChI=1S/C24H18FN3O4S/c1-13(22(30)28-23-17(21(26)29)10-11-33-23)32-24(31)18-12-20(14-6-8-15(25)9-7-14)27-19-5-3-2-4-16(18)19/h2-13H,1H3,(H2,26,29)(H,28,30)/t13-/m1/s1. The Labute approximate surface area is 192 Å². The number of anilines is 1. The van der Waals surface area contributed by atoms with Crippen molar-refractivity contribution in [1.82, 2.24) is 4.98 Å². The van der Waals surface area contributed by atoms with Crippen LogP contribution in [0.1, 0.15) is 27.6 Å². The van der Waals surface area contributed by atoms with E-state index in [0.29, 0.717) is 22.2 Å². The number of benzene rings is 2. The lowest BCUT2D eigenvalue weighted by molar-refractivity contribution is -0.123. The van der Waals surface area contributed by atoms with Gasteiger partial charge in [0.25, 0.3) is 11.8 Å². The average Bonchev–Trinajstić information content (AvgIpc) is 3.27. The predicted molar refractivity (Wildman–Crippen MR) is 123 cm³/mol. The van der Waals surface area contributed by atoms with Gasteiger partial charge in [0, 0.05) is 10.9 Å². The largest absolute Gasteiger partial charge is 0.449 e. The van der Waals surface area contributed by atoms with Crippen LogP contribution in [-0.4, -0.2) is 28.9 Å². The van der Waals surface area contributed by atoms with Gasteiger partial charge in [-0.25, -0.2) is 14.2 Å². The van der Waals surface area contributed by atoms with E-state index in [9.17, 15) is 18.8 Å². The lowest BCUT2D eigenvalue weighted by Gasteiger charge is -2.15. The molecule has 0 saturated heterocycles. The van der Waals surface area contributed by atoms with E-state index in [1.807, 2.05) is 0 Å². The Morgan fingerprint density at radius 1 is 1.06 bits per heavy atom. The molecule has 0 spiro atoms. The minimum absolute atomic E-state index is 0.177. The number of amides is 2. The number of thiophene rings is 1. The molecule has 2 aromatic carbocycles. The molecule has 0 aliphatic heterocycles. The van der Waals surface area contributed by atoms with Crippen LogP contribution in [0.3, 0.4) is 0 Å². The molecule has 0 bridgehead atoms. The summed E-state index contributed by atoms with van der Waals surface area (Å²) in [6.45, 7) is 1.43. The summed E-state index contributed by atoms with van der Waals surface area (Å²) < 4.78 is 18.7. The number of rotatable bonds is 6. The Bertz CT molecular complexity index is 1370. The van der Waals surface area contributed by atoms with E-state index in [0.717, 1.165) is 11.3 Å². The third-order valence-electron chi connectivity index (χ3n) is 4.90. The molecule has 0 aliphatic carbocycles. The zero-order valence-electron chi connectivity index (χ0n) is 17.4. The van der Waals surface area contributed by atoms with Crippen molar-refractivity contribution >= 4 is 45.0 Å². The van der Waals surface area contributed by atoms with Crippen LogP contribution in [0, 0.1) is 5.82 Å². The molecular formula is C24H18FN3O4S. The number of esters is 1. The predicted octanol–water partition coefficient (Wildman–Crippen LogP) is 4.39. The van der Waals surface area contributed by atoms with E-state index in [1.165, 1.54) is 25.1 Å². The van der Waals surface area contributed by atoms with Crippen LogP contribution in [0.2, 0.25) is 0 Å². The fourth-order valence-corrected chi connectivity index (χ4v) is 4.00. The van der Waals surface area contributed by atoms with E-state index in [2.05, 4.69) is 10.3 Å². The zero-order chi connectivity index (χ0) is 23.5. The summed E-state index contributed by atoms with van der Waals surface area (Å²) in [6, 6.07) is 15.8. The first-order chi connectivity index (χ1) is 15.8. The maximum Gasteiger partial charge on any atom is 0.339 e. The number of pyridine rings is 1. The number of halogens is 1. The number of hydrogen-bond acceptors (Lipinski definition) is 6. The van der Waals surface area contributed by atoms with E-state index in [-0.39, 0.29) is 21.9 Å². The molecule has 3 N–H and O–H groups in total. The van der Waals surface area contributed by atoms with Gasteiger partial charge in [-0.2, -0.15) is 0 Å². The minimum atomic E-state index is -1.15. The van der Waals surface area contributed by atoms with Crippen LogP contribution in [0.4, 0.5) is 9.39 Å². The quantitative estimate of drug-likeness (QED) is 0.412. The summed E-state index contributed by atoms with van der Waals surface area (Å²) in [5.41, 5.74) is 7.32. The van der Waals surface area contributed by atoms with Crippen molar-refractivity contribution in [2.24, 2.45) is 5.73 Å².